The molecule has 1 saturated heterocycles. The molecule has 2 heterocycles. The van der Waals surface area contributed by atoms with Gasteiger partial charge in [-0.1, -0.05) is 6.07 Å². The van der Waals surface area contributed by atoms with Gasteiger partial charge in [-0.3, -0.25) is 4.79 Å². The third kappa shape index (κ3) is 3.78. The molecule has 0 amide bonds. The SMILES string of the molecule is CN(CCc1cccs1)CC1(C(=O)O)CCCOC1. The number of aliphatic carboxylic acids is 1. The molecule has 1 unspecified atom stereocenters. The largest absolute Gasteiger partial charge is 0.481 e. The van der Waals surface area contributed by atoms with Gasteiger partial charge in [-0.25, -0.2) is 0 Å². The highest BCUT2D eigenvalue weighted by atomic mass is 32.1. The van der Waals surface area contributed by atoms with Crippen molar-refractivity contribution in [3.63, 3.8) is 0 Å². The lowest BCUT2D eigenvalue weighted by molar-refractivity contribution is -0.159. The van der Waals surface area contributed by atoms with Crippen LogP contribution in [-0.2, 0) is 16.0 Å². The molecule has 1 aromatic heterocycles. The lowest BCUT2D eigenvalue weighted by Gasteiger charge is -2.36. The molecule has 1 aliphatic heterocycles. The molecule has 0 spiro atoms. The molecule has 1 atom stereocenters. The lowest BCUT2D eigenvalue weighted by atomic mass is 9.82. The molecule has 106 valence electrons. The van der Waals surface area contributed by atoms with Crippen molar-refractivity contribution < 1.29 is 14.6 Å². The molecule has 0 radical (unpaired) electrons. The minimum atomic E-state index is -0.727. The Hall–Kier alpha value is -0.910. The first-order valence-electron chi connectivity index (χ1n) is 6.64. The molecule has 0 bridgehead atoms. The number of carboxylic acids is 1. The van der Waals surface area contributed by atoms with Crippen LogP contribution in [0, 0.1) is 5.41 Å². The summed E-state index contributed by atoms with van der Waals surface area (Å²) in [5.41, 5.74) is -0.720. The Morgan fingerprint density at radius 2 is 2.47 bits per heavy atom. The number of rotatable bonds is 6. The first kappa shape index (κ1) is 14.5. The Balaban J connectivity index is 1.88. The topological polar surface area (TPSA) is 49.8 Å². The smallest absolute Gasteiger partial charge is 0.313 e. The third-order valence-corrected chi connectivity index (χ3v) is 4.60. The summed E-state index contributed by atoms with van der Waals surface area (Å²) in [5.74, 6) is -0.727. The van der Waals surface area contributed by atoms with E-state index in [4.69, 9.17) is 4.74 Å². The van der Waals surface area contributed by atoms with Crippen molar-refractivity contribution in [2.75, 3.05) is 33.4 Å². The molecule has 1 aromatic rings. The second kappa shape index (κ2) is 6.50. The van der Waals surface area contributed by atoms with Crippen LogP contribution in [0.2, 0.25) is 0 Å². The van der Waals surface area contributed by atoms with Crippen molar-refractivity contribution >= 4 is 17.3 Å². The van der Waals surface area contributed by atoms with Crippen LogP contribution in [0.3, 0.4) is 0 Å². The summed E-state index contributed by atoms with van der Waals surface area (Å²) in [6.45, 7) is 2.48. The van der Waals surface area contributed by atoms with E-state index >= 15 is 0 Å². The molecule has 1 aliphatic rings. The van der Waals surface area contributed by atoms with Crippen LogP contribution in [0.5, 0.6) is 0 Å². The zero-order valence-electron chi connectivity index (χ0n) is 11.3. The minimum absolute atomic E-state index is 0.339. The fourth-order valence-electron chi connectivity index (χ4n) is 2.56. The van der Waals surface area contributed by atoms with E-state index in [9.17, 15) is 9.90 Å². The van der Waals surface area contributed by atoms with Gasteiger partial charge < -0.3 is 14.7 Å². The monoisotopic (exact) mass is 283 g/mol. The second-order valence-electron chi connectivity index (χ2n) is 5.31. The van der Waals surface area contributed by atoms with Gasteiger partial charge in [0.25, 0.3) is 0 Å². The highest BCUT2D eigenvalue weighted by molar-refractivity contribution is 7.09. The number of likely N-dealkylation sites (N-methyl/N-ethyl adjacent to an activating group) is 1. The van der Waals surface area contributed by atoms with E-state index in [-0.39, 0.29) is 0 Å². The van der Waals surface area contributed by atoms with E-state index in [1.807, 2.05) is 13.1 Å². The van der Waals surface area contributed by atoms with Gasteiger partial charge in [-0.05, 0) is 37.8 Å². The van der Waals surface area contributed by atoms with Crippen LogP contribution in [0.1, 0.15) is 17.7 Å². The van der Waals surface area contributed by atoms with E-state index in [1.54, 1.807) is 11.3 Å². The zero-order chi connectivity index (χ0) is 13.7. The first-order valence-corrected chi connectivity index (χ1v) is 7.52. The predicted octanol–water partition coefficient (Wildman–Crippen LogP) is 2.10. The molecule has 2 rings (SSSR count). The van der Waals surface area contributed by atoms with Crippen molar-refractivity contribution in [2.45, 2.75) is 19.3 Å². The normalized spacial score (nSPS) is 23.7. The molecule has 1 fully saturated rings. The number of carbonyl (C=O) groups is 1. The quantitative estimate of drug-likeness (QED) is 0.868. The van der Waals surface area contributed by atoms with Crippen molar-refractivity contribution in [3.05, 3.63) is 22.4 Å². The average Bonchev–Trinajstić information content (AvgIpc) is 2.90. The van der Waals surface area contributed by atoms with Gasteiger partial charge in [-0.15, -0.1) is 11.3 Å². The maximum atomic E-state index is 11.5. The summed E-state index contributed by atoms with van der Waals surface area (Å²) in [5, 5.41) is 11.6. The molecule has 5 heteroatoms. The van der Waals surface area contributed by atoms with Gasteiger partial charge in [0, 0.05) is 24.6 Å². The Bertz CT molecular complexity index is 399. The molecule has 0 saturated carbocycles. The summed E-state index contributed by atoms with van der Waals surface area (Å²) in [6.07, 6.45) is 2.53. The van der Waals surface area contributed by atoms with E-state index in [0.29, 0.717) is 26.2 Å². The summed E-state index contributed by atoms with van der Waals surface area (Å²) in [4.78, 5) is 15.0. The Morgan fingerprint density at radius 1 is 1.63 bits per heavy atom. The Morgan fingerprint density at radius 3 is 3.05 bits per heavy atom. The molecular weight excluding hydrogens is 262 g/mol. The summed E-state index contributed by atoms with van der Waals surface area (Å²) < 4.78 is 5.39. The molecule has 4 nitrogen and oxygen atoms in total. The molecular formula is C14H21NO3S. The first-order chi connectivity index (χ1) is 9.12. The molecule has 0 aromatic carbocycles. The van der Waals surface area contributed by atoms with Crippen molar-refractivity contribution in [2.24, 2.45) is 5.41 Å². The van der Waals surface area contributed by atoms with E-state index in [0.717, 1.165) is 19.4 Å². The van der Waals surface area contributed by atoms with Crippen LogP contribution in [-0.4, -0.2) is 49.3 Å². The highest BCUT2D eigenvalue weighted by Crippen LogP contribution is 2.30. The fourth-order valence-corrected chi connectivity index (χ4v) is 3.26. The standard InChI is InChI=1S/C14H21NO3S/c1-15(7-5-12-4-2-9-19-12)10-14(13(16)17)6-3-8-18-11-14/h2,4,9H,3,5-8,10-11H2,1H3,(H,16,17). The summed E-state index contributed by atoms with van der Waals surface area (Å²) in [6, 6.07) is 4.17. The number of nitrogens with zero attached hydrogens (tertiary/aromatic N) is 1. The van der Waals surface area contributed by atoms with Crippen molar-refractivity contribution in [1.29, 1.82) is 0 Å². The van der Waals surface area contributed by atoms with Crippen LogP contribution in [0.4, 0.5) is 0 Å². The number of hydrogen-bond acceptors (Lipinski definition) is 4. The molecule has 19 heavy (non-hydrogen) atoms. The number of carboxylic acid groups (broad SMARTS) is 1. The maximum Gasteiger partial charge on any atom is 0.313 e. The van der Waals surface area contributed by atoms with Gasteiger partial charge in [0.15, 0.2) is 0 Å². The Kier molecular flexibility index (Phi) is 4.96. The second-order valence-corrected chi connectivity index (χ2v) is 6.34. The van der Waals surface area contributed by atoms with Crippen LogP contribution >= 0.6 is 11.3 Å². The van der Waals surface area contributed by atoms with Crippen LogP contribution in [0.25, 0.3) is 0 Å². The summed E-state index contributed by atoms with van der Waals surface area (Å²) >= 11 is 1.75. The molecule has 0 aliphatic carbocycles. The van der Waals surface area contributed by atoms with Gasteiger partial charge in [0.1, 0.15) is 5.41 Å². The minimum Gasteiger partial charge on any atom is -0.481 e. The lowest BCUT2D eigenvalue weighted by Crippen LogP contribution is -2.47. The van der Waals surface area contributed by atoms with Crippen molar-refractivity contribution in [3.8, 4) is 0 Å². The van der Waals surface area contributed by atoms with Gasteiger partial charge in [-0.2, -0.15) is 0 Å². The molecule has 1 N–H and O–H groups in total. The summed E-state index contributed by atoms with van der Waals surface area (Å²) in [7, 11) is 1.99. The predicted molar refractivity (Wildman–Crippen MR) is 75.6 cm³/mol. The van der Waals surface area contributed by atoms with Gasteiger partial charge >= 0.3 is 5.97 Å². The maximum absolute atomic E-state index is 11.5. The van der Waals surface area contributed by atoms with E-state index in [2.05, 4.69) is 16.3 Å². The highest BCUT2D eigenvalue weighted by Gasteiger charge is 2.41. The number of thiophene rings is 1. The number of hydrogen-bond donors (Lipinski definition) is 1. The Labute approximate surface area is 118 Å². The van der Waals surface area contributed by atoms with Gasteiger partial charge in [0.2, 0.25) is 0 Å². The van der Waals surface area contributed by atoms with Crippen molar-refractivity contribution in [1.82, 2.24) is 4.90 Å². The van der Waals surface area contributed by atoms with Crippen LogP contribution < -0.4 is 0 Å². The third-order valence-electron chi connectivity index (χ3n) is 3.67. The zero-order valence-corrected chi connectivity index (χ0v) is 12.1. The van der Waals surface area contributed by atoms with E-state index < -0.39 is 11.4 Å². The fraction of sp³-hybridized carbons (Fsp3) is 0.643. The number of ether oxygens (including phenoxy) is 1. The average molecular weight is 283 g/mol. The van der Waals surface area contributed by atoms with Crippen LogP contribution in [0.15, 0.2) is 17.5 Å². The van der Waals surface area contributed by atoms with E-state index in [1.165, 1.54) is 4.88 Å². The van der Waals surface area contributed by atoms with Gasteiger partial charge in [0.05, 0.1) is 6.61 Å².